The summed E-state index contributed by atoms with van der Waals surface area (Å²) in [6.07, 6.45) is 0. The standard InChI is InChI=1S/C27H25NO6/c1-15-11-16(2)26(34-4)21(12-15)24(30)22-23(17-7-5-9-19(29)13-17)28(27(32)25(22)31)18-8-6-10-20(14-18)33-3/h5-14,23,29-30H,1-4H3/b24-22+. The molecule has 2 N–H and O–H groups in total. The molecule has 0 bridgehead atoms. The summed E-state index contributed by atoms with van der Waals surface area (Å²) in [6.45, 7) is 3.70. The largest absolute Gasteiger partial charge is 0.508 e. The molecule has 3 aromatic rings. The fraction of sp³-hybridized carbons (Fsp3) is 0.185. The third kappa shape index (κ3) is 3.85. The highest BCUT2D eigenvalue weighted by molar-refractivity contribution is 6.51. The van der Waals surface area contributed by atoms with Gasteiger partial charge in [0.1, 0.15) is 23.0 Å². The Morgan fingerprint density at radius 3 is 2.35 bits per heavy atom. The minimum absolute atomic E-state index is 0.0299. The van der Waals surface area contributed by atoms with Crippen LogP contribution in [0.2, 0.25) is 0 Å². The van der Waals surface area contributed by atoms with Crippen LogP contribution in [0.1, 0.15) is 28.3 Å². The average Bonchev–Trinajstić information content (AvgIpc) is 3.08. The Hall–Kier alpha value is -4.26. The summed E-state index contributed by atoms with van der Waals surface area (Å²) >= 11 is 0. The Labute approximate surface area is 197 Å². The summed E-state index contributed by atoms with van der Waals surface area (Å²) in [5.41, 5.74) is 2.74. The summed E-state index contributed by atoms with van der Waals surface area (Å²) in [5.74, 6) is -1.10. The molecule has 0 radical (unpaired) electrons. The van der Waals surface area contributed by atoms with Crippen molar-refractivity contribution in [2.75, 3.05) is 19.1 Å². The first-order valence-electron chi connectivity index (χ1n) is 10.7. The molecule has 1 atom stereocenters. The van der Waals surface area contributed by atoms with Gasteiger partial charge in [0.2, 0.25) is 0 Å². The number of Topliss-reactive ketones (excluding diaryl/α,β-unsaturated/α-hetero) is 1. The molecule has 0 spiro atoms. The lowest BCUT2D eigenvalue weighted by molar-refractivity contribution is -0.132. The van der Waals surface area contributed by atoms with Crippen LogP contribution in [0.15, 0.2) is 66.2 Å². The first kappa shape index (κ1) is 22.9. The first-order chi connectivity index (χ1) is 16.3. The second-order valence-corrected chi connectivity index (χ2v) is 8.13. The Morgan fingerprint density at radius 1 is 0.941 bits per heavy atom. The molecule has 1 fully saturated rings. The molecule has 34 heavy (non-hydrogen) atoms. The maximum Gasteiger partial charge on any atom is 0.300 e. The number of amides is 1. The summed E-state index contributed by atoms with van der Waals surface area (Å²) in [5, 5.41) is 21.6. The van der Waals surface area contributed by atoms with Crippen LogP contribution in [0.25, 0.3) is 5.76 Å². The fourth-order valence-electron chi connectivity index (χ4n) is 4.42. The minimum atomic E-state index is -0.982. The Bertz CT molecular complexity index is 1330. The Balaban J connectivity index is 2.02. The van der Waals surface area contributed by atoms with Crippen molar-refractivity contribution >= 4 is 23.1 Å². The zero-order valence-electron chi connectivity index (χ0n) is 19.3. The van der Waals surface area contributed by atoms with E-state index in [-0.39, 0.29) is 17.1 Å². The molecule has 1 saturated heterocycles. The molecule has 1 unspecified atom stereocenters. The van der Waals surface area contributed by atoms with Crippen LogP contribution in [0.4, 0.5) is 5.69 Å². The van der Waals surface area contributed by atoms with Crippen molar-refractivity contribution in [1.29, 1.82) is 0 Å². The first-order valence-corrected chi connectivity index (χ1v) is 10.7. The number of methoxy groups -OCH3 is 2. The molecule has 3 aromatic carbocycles. The number of carbonyl (C=O) groups excluding carboxylic acids is 2. The van der Waals surface area contributed by atoms with E-state index < -0.39 is 17.7 Å². The van der Waals surface area contributed by atoms with Gasteiger partial charge in [0.05, 0.1) is 31.4 Å². The lowest BCUT2D eigenvalue weighted by atomic mass is 9.93. The number of aryl methyl sites for hydroxylation is 2. The third-order valence-corrected chi connectivity index (χ3v) is 5.84. The highest BCUT2D eigenvalue weighted by Crippen LogP contribution is 2.44. The monoisotopic (exact) mass is 459 g/mol. The topological polar surface area (TPSA) is 96.3 Å². The number of ketones is 1. The smallest absolute Gasteiger partial charge is 0.300 e. The van der Waals surface area contributed by atoms with Crippen molar-refractivity contribution in [3.05, 3.63) is 88.5 Å². The van der Waals surface area contributed by atoms with Gasteiger partial charge >= 0.3 is 0 Å². The zero-order chi connectivity index (χ0) is 24.6. The van der Waals surface area contributed by atoms with E-state index >= 15 is 0 Å². The van der Waals surface area contributed by atoms with Crippen LogP contribution in [0, 0.1) is 13.8 Å². The van der Waals surface area contributed by atoms with Crippen LogP contribution in [0.3, 0.4) is 0 Å². The second kappa shape index (κ2) is 8.94. The van der Waals surface area contributed by atoms with Crippen LogP contribution < -0.4 is 14.4 Å². The lowest BCUT2D eigenvalue weighted by Crippen LogP contribution is -2.29. The average molecular weight is 459 g/mol. The van der Waals surface area contributed by atoms with E-state index in [9.17, 15) is 19.8 Å². The van der Waals surface area contributed by atoms with Gasteiger partial charge < -0.3 is 19.7 Å². The van der Waals surface area contributed by atoms with Gasteiger partial charge in [-0.1, -0.05) is 24.3 Å². The molecular weight excluding hydrogens is 434 g/mol. The summed E-state index contributed by atoms with van der Waals surface area (Å²) in [7, 11) is 2.99. The number of hydrogen-bond donors (Lipinski definition) is 2. The van der Waals surface area contributed by atoms with Crippen LogP contribution in [-0.4, -0.2) is 36.1 Å². The molecule has 174 valence electrons. The lowest BCUT2D eigenvalue weighted by Gasteiger charge is -2.26. The highest BCUT2D eigenvalue weighted by atomic mass is 16.5. The number of benzene rings is 3. The van der Waals surface area contributed by atoms with Crippen LogP contribution in [-0.2, 0) is 9.59 Å². The fourth-order valence-corrected chi connectivity index (χ4v) is 4.42. The number of aromatic hydroxyl groups is 1. The van der Waals surface area contributed by atoms with Gasteiger partial charge in [0.25, 0.3) is 11.7 Å². The maximum atomic E-state index is 13.4. The van der Waals surface area contributed by atoms with E-state index in [0.29, 0.717) is 28.3 Å². The number of phenols is 1. The van der Waals surface area contributed by atoms with E-state index in [1.807, 2.05) is 19.9 Å². The van der Waals surface area contributed by atoms with E-state index in [4.69, 9.17) is 9.47 Å². The van der Waals surface area contributed by atoms with E-state index in [1.54, 1.807) is 42.5 Å². The highest BCUT2D eigenvalue weighted by Gasteiger charge is 2.47. The number of aliphatic hydroxyl groups excluding tert-OH is 1. The summed E-state index contributed by atoms with van der Waals surface area (Å²) in [4.78, 5) is 28.0. The Kier molecular flexibility index (Phi) is 6.03. The van der Waals surface area contributed by atoms with Crippen LogP contribution in [0.5, 0.6) is 17.2 Å². The second-order valence-electron chi connectivity index (χ2n) is 8.13. The molecule has 0 aliphatic carbocycles. The van der Waals surface area contributed by atoms with Gasteiger partial charge in [0, 0.05) is 11.8 Å². The molecular formula is C27H25NO6. The Morgan fingerprint density at radius 2 is 1.68 bits per heavy atom. The molecule has 4 rings (SSSR count). The molecule has 0 aromatic heterocycles. The molecule has 1 aliphatic heterocycles. The normalized spacial score (nSPS) is 17.2. The van der Waals surface area contributed by atoms with Crippen molar-refractivity contribution in [3.8, 4) is 17.2 Å². The van der Waals surface area contributed by atoms with Gasteiger partial charge in [0.15, 0.2) is 0 Å². The number of rotatable bonds is 5. The molecule has 1 amide bonds. The minimum Gasteiger partial charge on any atom is -0.508 e. The van der Waals surface area contributed by atoms with Crippen LogP contribution >= 0.6 is 0 Å². The number of phenolic OH excluding ortho intramolecular Hbond substituents is 1. The molecule has 1 aliphatic rings. The number of nitrogens with zero attached hydrogens (tertiary/aromatic N) is 1. The van der Waals surface area contributed by atoms with Gasteiger partial charge in [-0.05, 0) is 60.9 Å². The van der Waals surface area contributed by atoms with Gasteiger partial charge in [-0.2, -0.15) is 0 Å². The van der Waals surface area contributed by atoms with Crippen molar-refractivity contribution < 1.29 is 29.3 Å². The third-order valence-electron chi connectivity index (χ3n) is 5.84. The zero-order valence-corrected chi connectivity index (χ0v) is 19.3. The van der Waals surface area contributed by atoms with Crippen molar-refractivity contribution in [2.45, 2.75) is 19.9 Å². The van der Waals surface area contributed by atoms with E-state index in [0.717, 1.165) is 11.1 Å². The number of carbonyl (C=O) groups is 2. The molecule has 7 heteroatoms. The predicted octanol–water partition coefficient (Wildman–Crippen LogP) is 4.65. The van der Waals surface area contributed by atoms with Crippen molar-refractivity contribution in [2.24, 2.45) is 0 Å². The molecule has 1 heterocycles. The maximum absolute atomic E-state index is 13.4. The summed E-state index contributed by atoms with van der Waals surface area (Å²) < 4.78 is 10.8. The van der Waals surface area contributed by atoms with E-state index in [2.05, 4.69) is 0 Å². The van der Waals surface area contributed by atoms with Gasteiger partial charge in [-0.15, -0.1) is 0 Å². The molecule has 0 saturated carbocycles. The number of ether oxygens (including phenoxy) is 2. The quantitative estimate of drug-likeness (QED) is 0.328. The predicted molar refractivity (Wildman–Crippen MR) is 128 cm³/mol. The van der Waals surface area contributed by atoms with E-state index in [1.165, 1.54) is 31.3 Å². The summed E-state index contributed by atoms with van der Waals surface area (Å²) in [6, 6.07) is 15.7. The number of aliphatic hydroxyl groups is 1. The SMILES string of the molecule is COc1cccc(N2C(=O)C(=O)/C(=C(/O)c3cc(C)cc(C)c3OC)C2c2cccc(O)c2)c1. The van der Waals surface area contributed by atoms with Gasteiger partial charge in [-0.3, -0.25) is 14.5 Å². The van der Waals surface area contributed by atoms with Crippen molar-refractivity contribution in [1.82, 2.24) is 0 Å². The number of hydrogen-bond acceptors (Lipinski definition) is 6. The van der Waals surface area contributed by atoms with Gasteiger partial charge in [-0.25, -0.2) is 0 Å². The van der Waals surface area contributed by atoms with Crippen molar-refractivity contribution in [3.63, 3.8) is 0 Å². The molecule has 7 nitrogen and oxygen atoms in total. The number of anilines is 1.